The summed E-state index contributed by atoms with van der Waals surface area (Å²) in [5.74, 6) is 0. The third-order valence-electron chi connectivity index (χ3n) is 4.07. The predicted molar refractivity (Wildman–Crippen MR) is 75.8 cm³/mol. The van der Waals surface area contributed by atoms with Crippen molar-refractivity contribution in [1.82, 2.24) is 5.32 Å². The minimum absolute atomic E-state index is 0.125. The first kappa shape index (κ1) is 13.3. The lowest BCUT2D eigenvalue weighted by atomic mass is 9.67. The molecule has 1 atom stereocenters. The molecule has 1 fully saturated rings. The van der Waals surface area contributed by atoms with Crippen molar-refractivity contribution in [3.63, 3.8) is 0 Å². The Labute approximate surface area is 110 Å². The van der Waals surface area contributed by atoms with E-state index in [9.17, 15) is 0 Å². The van der Waals surface area contributed by atoms with Crippen LogP contribution in [0.25, 0.3) is 0 Å². The summed E-state index contributed by atoms with van der Waals surface area (Å²) in [6.45, 7) is 7.95. The Hall–Kier alpha value is -1.12. The fourth-order valence-electron chi connectivity index (χ4n) is 3.24. The zero-order valence-corrected chi connectivity index (χ0v) is 11.4. The van der Waals surface area contributed by atoms with E-state index < -0.39 is 0 Å². The van der Waals surface area contributed by atoms with Crippen LogP contribution in [0.2, 0.25) is 0 Å². The fraction of sp³-hybridized carbons (Fsp3) is 0.500. The van der Waals surface area contributed by atoms with Crippen molar-refractivity contribution in [3.8, 4) is 0 Å². The molecule has 1 N–H and O–H groups in total. The highest BCUT2D eigenvalue weighted by atomic mass is 16.5. The van der Waals surface area contributed by atoms with Crippen LogP contribution >= 0.6 is 0 Å². The van der Waals surface area contributed by atoms with Crippen molar-refractivity contribution >= 4 is 0 Å². The summed E-state index contributed by atoms with van der Waals surface area (Å²) in [4.78, 5) is 0. The molecule has 1 aliphatic heterocycles. The highest BCUT2D eigenvalue weighted by Gasteiger charge is 2.41. The Morgan fingerprint density at radius 1 is 1.28 bits per heavy atom. The quantitative estimate of drug-likeness (QED) is 0.824. The maximum atomic E-state index is 5.56. The van der Waals surface area contributed by atoms with Gasteiger partial charge in [-0.3, -0.25) is 0 Å². The molecule has 0 aliphatic carbocycles. The summed E-state index contributed by atoms with van der Waals surface area (Å²) in [6, 6.07) is 11.1. The molecule has 1 saturated heterocycles. The van der Waals surface area contributed by atoms with E-state index in [4.69, 9.17) is 4.74 Å². The highest BCUT2D eigenvalue weighted by Crippen LogP contribution is 2.40. The largest absolute Gasteiger partial charge is 0.381 e. The second kappa shape index (κ2) is 5.68. The first-order chi connectivity index (χ1) is 8.70. The first-order valence-electron chi connectivity index (χ1n) is 6.66. The Morgan fingerprint density at radius 3 is 2.39 bits per heavy atom. The maximum absolute atomic E-state index is 5.56. The van der Waals surface area contributed by atoms with E-state index in [1.807, 2.05) is 7.05 Å². The maximum Gasteiger partial charge on any atom is 0.0475 e. The number of ether oxygens (including phenoxy) is 1. The fourth-order valence-corrected chi connectivity index (χ4v) is 3.24. The molecule has 1 aromatic carbocycles. The molecule has 1 heterocycles. The molecule has 1 aromatic rings. The number of benzene rings is 1. The summed E-state index contributed by atoms with van der Waals surface area (Å²) >= 11 is 0. The van der Waals surface area contributed by atoms with E-state index in [2.05, 4.69) is 49.2 Å². The summed E-state index contributed by atoms with van der Waals surface area (Å²) < 4.78 is 5.56. The van der Waals surface area contributed by atoms with Gasteiger partial charge in [0.2, 0.25) is 0 Å². The minimum atomic E-state index is 0.125. The third-order valence-corrected chi connectivity index (χ3v) is 4.07. The average Bonchev–Trinajstić information content (AvgIpc) is 2.41. The third kappa shape index (κ3) is 2.36. The lowest BCUT2D eigenvalue weighted by Crippen LogP contribution is -2.51. The number of likely N-dealkylation sites (N-methyl/N-ethyl adjacent to an activating group) is 1. The molecule has 0 radical (unpaired) electrons. The normalized spacial score (nSPS) is 20.3. The minimum Gasteiger partial charge on any atom is -0.381 e. The van der Waals surface area contributed by atoms with Crippen molar-refractivity contribution < 1.29 is 4.74 Å². The van der Waals surface area contributed by atoms with Gasteiger partial charge in [-0.25, -0.2) is 0 Å². The molecule has 18 heavy (non-hydrogen) atoms. The molecule has 98 valence electrons. The smallest absolute Gasteiger partial charge is 0.0475 e. The molecule has 1 unspecified atom stereocenters. The van der Waals surface area contributed by atoms with Gasteiger partial charge in [0.1, 0.15) is 0 Å². The average molecular weight is 245 g/mol. The van der Waals surface area contributed by atoms with E-state index in [0.29, 0.717) is 6.04 Å². The van der Waals surface area contributed by atoms with Crippen molar-refractivity contribution in [3.05, 3.63) is 48.0 Å². The summed E-state index contributed by atoms with van der Waals surface area (Å²) in [7, 11) is 2.03. The molecular weight excluding hydrogens is 222 g/mol. The van der Waals surface area contributed by atoms with Crippen LogP contribution in [-0.2, 0) is 10.2 Å². The van der Waals surface area contributed by atoms with E-state index in [1.165, 1.54) is 11.1 Å². The number of hydrogen-bond donors (Lipinski definition) is 1. The molecule has 0 aromatic heterocycles. The monoisotopic (exact) mass is 245 g/mol. The van der Waals surface area contributed by atoms with Gasteiger partial charge in [-0.1, -0.05) is 42.5 Å². The van der Waals surface area contributed by atoms with Gasteiger partial charge in [-0.05, 0) is 32.4 Å². The zero-order valence-electron chi connectivity index (χ0n) is 11.4. The van der Waals surface area contributed by atoms with E-state index >= 15 is 0 Å². The molecule has 0 amide bonds. The van der Waals surface area contributed by atoms with Gasteiger partial charge in [0.05, 0.1) is 0 Å². The van der Waals surface area contributed by atoms with Gasteiger partial charge in [0.15, 0.2) is 0 Å². The van der Waals surface area contributed by atoms with Crippen LogP contribution in [-0.4, -0.2) is 26.3 Å². The molecule has 2 heteroatoms. The summed E-state index contributed by atoms with van der Waals surface area (Å²) in [5, 5.41) is 3.46. The molecule has 0 bridgehead atoms. The Kier molecular flexibility index (Phi) is 4.20. The van der Waals surface area contributed by atoms with Crippen LogP contribution in [0.1, 0.15) is 25.3 Å². The molecular formula is C16H23NO. The van der Waals surface area contributed by atoms with Gasteiger partial charge in [-0.15, -0.1) is 0 Å². The Balaban J connectivity index is 2.43. The lowest BCUT2D eigenvalue weighted by Gasteiger charge is -2.44. The number of hydrogen-bond acceptors (Lipinski definition) is 2. The van der Waals surface area contributed by atoms with Crippen LogP contribution in [0.4, 0.5) is 0 Å². The summed E-state index contributed by atoms with van der Waals surface area (Å²) in [6.07, 6.45) is 2.10. The lowest BCUT2D eigenvalue weighted by molar-refractivity contribution is 0.0405. The van der Waals surface area contributed by atoms with Crippen molar-refractivity contribution in [2.75, 3.05) is 20.3 Å². The van der Waals surface area contributed by atoms with Crippen LogP contribution in [0.3, 0.4) is 0 Å². The van der Waals surface area contributed by atoms with Crippen molar-refractivity contribution in [2.24, 2.45) is 0 Å². The Bertz CT molecular complexity index is 393. The van der Waals surface area contributed by atoms with Gasteiger partial charge in [0.25, 0.3) is 0 Å². The van der Waals surface area contributed by atoms with Crippen LogP contribution in [0.15, 0.2) is 42.5 Å². The van der Waals surface area contributed by atoms with Crippen molar-refractivity contribution in [1.29, 1.82) is 0 Å². The van der Waals surface area contributed by atoms with Crippen LogP contribution < -0.4 is 5.32 Å². The van der Waals surface area contributed by atoms with Gasteiger partial charge in [0, 0.05) is 24.7 Å². The molecule has 2 rings (SSSR count). The SMILES string of the molecule is C=C(C)C(NC)C1(c2ccccc2)CCOCC1. The second-order valence-electron chi connectivity index (χ2n) is 5.20. The van der Waals surface area contributed by atoms with E-state index in [0.717, 1.165) is 26.1 Å². The molecule has 0 spiro atoms. The second-order valence-corrected chi connectivity index (χ2v) is 5.20. The summed E-state index contributed by atoms with van der Waals surface area (Å²) in [5.41, 5.74) is 2.72. The number of nitrogens with one attached hydrogen (secondary N) is 1. The standard InChI is InChI=1S/C16H23NO/c1-13(2)15(17-3)16(9-11-18-12-10-16)14-7-5-4-6-8-14/h4-8,15,17H,1,9-12H2,2-3H3. The molecule has 1 aliphatic rings. The molecule has 2 nitrogen and oxygen atoms in total. The molecule has 0 saturated carbocycles. The highest BCUT2D eigenvalue weighted by molar-refractivity contribution is 5.32. The van der Waals surface area contributed by atoms with Gasteiger partial charge < -0.3 is 10.1 Å². The van der Waals surface area contributed by atoms with E-state index in [1.54, 1.807) is 0 Å². The van der Waals surface area contributed by atoms with E-state index in [-0.39, 0.29) is 5.41 Å². The van der Waals surface area contributed by atoms with Crippen LogP contribution in [0, 0.1) is 0 Å². The van der Waals surface area contributed by atoms with Gasteiger partial charge in [-0.2, -0.15) is 0 Å². The zero-order chi connectivity index (χ0) is 13.0. The van der Waals surface area contributed by atoms with Gasteiger partial charge >= 0.3 is 0 Å². The topological polar surface area (TPSA) is 21.3 Å². The Morgan fingerprint density at radius 2 is 1.89 bits per heavy atom. The first-order valence-corrected chi connectivity index (χ1v) is 6.66. The number of rotatable bonds is 4. The van der Waals surface area contributed by atoms with Crippen molar-refractivity contribution in [2.45, 2.75) is 31.2 Å². The predicted octanol–water partition coefficient (Wildman–Crippen LogP) is 2.90. The van der Waals surface area contributed by atoms with Crippen LogP contribution in [0.5, 0.6) is 0 Å².